The molecule has 30 heavy (non-hydrogen) atoms. The zero-order valence-electron chi connectivity index (χ0n) is 17.1. The van der Waals surface area contributed by atoms with Crippen molar-refractivity contribution < 1.29 is 13.6 Å². The number of carbonyl (C=O) groups excluding carboxylic acids is 1. The van der Waals surface area contributed by atoms with Crippen LogP contribution in [-0.4, -0.2) is 33.8 Å². The third kappa shape index (κ3) is 3.94. The first-order valence-electron chi connectivity index (χ1n) is 9.28. The van der Waals surface area contributed by atoms with E-state index in [2.05, 4.69) is 26.7 Å². The van der Waals surface area contributed by atoms with Crippen molar-refractivity contribution in [2.45, 2.75) is 33.7 Å². The van der Waals surface area contributed by atoms with Crippen molar-refractivity contribution in [2.75, 3.05) is 0 Å². The summed E-state index contributed by atoms with van der Waals surface area (Å²) in [5, 5.41) is 0. The molecule has 3 aromatic rings. The summed E-state index contributed by atoms with van der Waals surface area (Å²) in [6.07, 6.45) is 1.63. The lowest BCUT2D eigenvalue weighted by atomic mass is 10.1. The predicted octanol–water partition coefficient (Wildman–Crippen LogP) is 5.32. The largest absolute Gasteiger partial charge is 0.326 e. The lowest BCUT2D eigenvalue weighted by Crippen LogP contribution is -2.03. The van der Waals surface area contributed by atoms with Crippen molar-refractivity contribution >= 4 is 41.8 Å². The van der Waals surface area contributed by atoms with Crippen molar-refractivity contribution in [1.29, 1.82) is 0 Å². The standard InChI is InChI=1S/C22H21F2N5O/c1-12(2)29-14(4)28-22-17(23)8-16(9-19(22)29)21(25-5)18(24)10-26-20-7-6-15(11-30)13(3)27-20/h6-12H,5H2,1-4H3/b21-18+,26-10-. The summed E-state index contributed by atoms with van der Waals surface area (Å²) in [6, 6.07) is 5.91. The van der Waals surface area contributed by atoms with Gasteiger partial charge in [-0.05, 0) is 58.7 Å². The molecule has 0 spiro atoms. The van der Waals surface area contributed by atoms with Crippen LogP contribution >= 0.6 is 0 Å². The molecule has 6 nitrogen and oxygen atoms in total. The van der Waals surface area contributed by atoms with Gasteiger partial charge >= 0.3 is 0 Å². The number of allylic oxidation sites excluding steroid dienone is 1. The maximum absolute atomic E-state index is 14.8. The topological polar surface area (TPSA) is 72.5 Å². The number of imidazole rings is 1. The van der Waals surface area contributed by atoms with Gasteiger partial charge < -0.3 is 4.57 Å². The van der Waals surface area contributed by atoms with E-state index in [1.54, 1.807) is 26.0 Å². The summed E-state index contributed by atoms with van der Waals surface area (Å²) >= 11 is 0. The minimum Gasteiger partial charge on any atom is -0.326 e. The van der Waals surface area contributed by atoms with Crippen LogP contribution in [0.15, 0.2) is 40.1 Å². The Bertz CT molecular complexity index is 1210. The summed E-state index contributed by atoms with van der Waals surface area (Å²) in [6.45, 7) is 10.8. The van der Waals surface area contributed by atoms with Crippen molar-refractivity contribution in [3.8, 4) is 0 Å². The van der Waals surface area contributed by atoms with E-state index in [4.69, 9.17) is 0 Å². The molecule has 154 valence electrons. The quantitative estimate of drug-likeness (QED) is 0.408. The third-order valence-electron chi connectivity index (χ3n) is 4.65. The van der Waals surface area contributed by atoms with Gasteiger partial charge in [-0.25, -0.2) is 23.7 Å². The lowest BCUT2D eigenvalue weighted by molar-refractivity contribution is 0.112. The molecular formula is C22H21F2N5O. The van der Waals surface area contributed by atoms with Gasteiger partial charge in [0.25, 0.3) is 0 Å². The van der Waals surface area contributed by atoms with E-state index in [0.717, 1.165) is 6.21 Å². The Hall–Kier alpha value is -3.55. The fraction of sp³-hybridized carbons (Fsp3) is 0.227. The number of carbonyl (C=O) groups is 1. The first kappa shape index (κ1) is 21.2. The number of halogens is 2. The molecule has 1 aromatic carbocycles. The molecular weight excluding hydrogens is 388 g/mol. The Morgan fingerprint density at radius 3 is 2.57 bits per heavy atom. The van der Waals surface area contributed by atoms with E-state index in [1.807, 2.05) is 18.4 Å². The van der Waals surface area contributed by atoms with Crippen LogP contribution in [0.4, 0.5) is 14.6 Å². The Labute approximate surface area is 172 Å². The second kappa shape index (κ2) is 8.44. The number of fused-ring (bicyclic) bond motifs is 1. The Kier molecular flexibility index (Phi) is 5.96. The van der Waals surface area contributed by atoms with Crippen LogP contribution in [0, 0.1) is 19.7 Å². The van der Waals surface area contributed by atoms with E-state index in [9.17, 15) is 13.6 Å². The molecule has 0 aliphatic heterocycles. The second-order valence-corrected chi connectivity index (χ2v) is 7.02. The van der Waals surface area contributed by atoms with Crippen molar-refractivity contribution in [2.24, 2.45) is 9.98 Å². The second-order valence-electron chi connectivity index (χ2n) is 7.02. The highest BCUT2D eigenvalue weighted by atomic mass is 19.1. The van der Waals surface area contributed by atoms with Crippen LogP contribution in [0.25, 0.3) is 16.7 Å². The summed E-state index contributed by atoms with van der Waals surface area (Å²) in [7, 11) is 0. The van der Waals surface area contributed by atoms with Gasteiger partial charge in [-0.15, -0.1) is 0 Å². The Morgan fingerprint density at radius 2 is 1.97 bits per heavy atom. The fourth-order valence-corrected chi connectivity index (χ4v) is 3.30. The molecule has 0 aliphatic carbocycles. The highest BCUT2D eigenvalue weighted by molar-refractivity contribution is 5.92. The number of pyridine rings is 1. The summed E-state index contributed by atoms with van der Waals surface area (Å²) in [5.74, 6) is -0.477. The van der Waals surface area contributed by atoms with E-state index < -0.39 is 11.6 Å². The number of hydrogen-bond donors (Lipinski definition) is 0. The minimum atomic E-state index is -0.796. The van der Waals surface area contributed by atoms with Gasteiger partial charge in [-0.1, -0.05) is 0 Å². The smallest absolute Gasteiger partial charge is 0.167 e. The predicted molar refractivity (Wildman–Crippen MR) is 115 cm³/mol. The number of nitrogens with zero attached hydrogens (tertiary/aromatic N) is 5. The summed E-state index contributed by atoms with van der Waals surface area (Å²) in [4.78, 5) is 27.0. The van der Waals surface area contributed by atoms with Crippen LogP contribution in [0.3, 0.4) is 0 Å². The van der Waals surface area contributed by atoms with Crippen LogP contribution in [0.1, 0.15) is 47.3 Å². The van der Waals surface area contributed by atoms with E-state index in [0.29, 0.717) is 28.9 Å². The highest BCUT2D eigenvalue weighted by Crippen LogP contribution is 2.29. The number of aromatic nitrogens is 3. The zero-order valence-corrected chi connectivity index (χ0v) is 17.1. The number of aldehydes is 1. The molecule has 0 bridgehead atoms. The molecule has 0 unspecified atom stereocenters. The SMILES string of the molecule is C=N/C(=C(F)\C=N/c1ccc(C=O)c(C)n1)c1cc(F)c2nc(C)n(C(C)C)c2c1. The summed E-state index contributed by atoms with van der Waals surface area (Å²) < 4.78 is 31.4. The number of hydrogen-bond acceptors (Lipinski definition) is 5. The van der Waals surface area contributed by atoms with Gasteiger partial charge in [-0.2, -0.15) is 0 Å². The van der Waals surface area contributed by atoms with Gasteiger partial charge in [0, 0.05) is 17.2 Å². The lowest BCUT2D eigenvalue weighted by Gasteiger charge is -2.11. The fourth-order valence-electron chi connectivity index (χ4n) is 3.30. The molecule has 0 aliphatic rings. The number of benzene rings is 1. The maximum atomic E-state index is 14.8. The van der Waals surface area contributed by atoms with Crippen LogP contribution < -0.4 is 0 Å². The van der Waals surface area contributed by atoms with E-state index in [-0.39, 0.29) is 28.6 Å². The van der Waals surface area contributed by atoms with Gasteiger partial charge in [-0.3, -0.25) is 9.79 Å². The number of aryl methyl sites for hydroxylation is 2. The van der Waals surface area contributed by atoms with E-state index in [1.165, 1.54) is 12.1 Å². The molecule has 0 amide bonds. The Balaban J connectivity index is 2.07. The first-order valence-corrected chi connectivity index (χ1v) is 9.28. The van der Waals surface area contributed by atoms with Crippen molar-refractivity contribution in [3.63, 3.8) is 0 Å². The molecule has 0 radical (unpaired) electrons. The van der Waals surface area contributed by atoms with Crippen LogP contribution in [-0.2, 0) is 0 Å². The molecule has 0 fully saturated rings. The van der Waals surface area contributed by atoms with E-state index >= 15 is 0 Å². The van der Waals surface area contributed by atoms with Gasteiger partial charge in [0.2, 0.25) is 0 Å². The molecule has 0 saturated heterocycles. The molecule has 0 atom stereocenters. The maximum Gasteiger partial charge on any atom is 0.167 e. The van der Waals surface area contributed by atoms with Gasteiger partial charge in [0.15, 0.2) is 23.7 Å². The molecule has 2 aromatic heterocycles. The normalized spacial score (nSPS) is 12.6. The van der Waals surface area contributed by atoms with Crippen LogP contribution in [0.5, 0.6) is 0 Å². The average molecular weight is 409 g/mol. The monoisotopic (exact) mass is 409 g/mol. The summed E-state index contributed by atoms with van der Waals surface area (Å²) in [5.41, 5.74) is 1.76. The number of rotatable bonds is 6. The van der Waals surface area contributed by atoms with Crippen molar-refractivity contribution in [3.05, 3.63) is 58.6 Å². The van der Waals surface area contributed by atoms with Crippen molar-refractivity contribution in [1.82, 2.24) is 14.5 Å². The molecule has 3 rings (SSSR count). The van der Waals surface area contributed by atoms with Gasteiger partial charge in [0.05, 0.1) is 17.4 Å². The molecule has 2 heterocycles. The molecule has 0 N–H and O–H groups in total. The minimum absolute atomic E-state index is 0.0452. The highest BCUT2D eigenvalue weighted by Gasteiger charge is 2.17. The first-order chi connectivity index (χ1) is 14.3. The zero-order chi connectivity index (χ0) is 22.0. The van der Waals surface area contributed by atoms with Gasteiger partial charge in [0.1, 0.15) is 17.0 Å². The Morgan fingerprint density at radius 1 is 1.23 bits per heavy atom. The molecule has 8 heteroatoms. The number of aliphatic imine (C=N–C) groups is 2. The molecule has 0 saturated carbocycles. The average Bonchev–Trinajstić information content (AvgIpc) is 3.04. The van der Waals surface area contributed by atoms with Crippen LogP contribution in [0.2, 0.25) is 0 Å². The third-order valence-corrected chi connectivity index (χ3v) is 4.65.